The number of hydrogen-bond donors (Lipinski definition) is 2. The molecule has 100 valence electrons. The second-order valence-corrected chi connectivity index (χ2v) is 4.40. The van der Waals surface area contributed by atoms with Gasteiger partial charge in [-0.1, -0.05) is 13.0 Å². The molecule has 0 saturated heterocycles. The highest BCUT2D eigenvalue weighted by molar-refractivity contribution is 5.80. The Kier molecular flexibility index (Phi) is 6.05. The molecule has 0 unspecified atom stereocenters. The summed E-state index contributed by atoms with van der Waals surface area (Å²) in [5.74, 6) is 0.816. The molecular weight excluding hydrogens is 228 g/mol. The minimum Gasteiger partial charge on any atom is -0.491 e. The first-order valence-electron chi connectivity index (χ1n) is 6.39. The molecule has 0 saturated carbocycles. The molecule has 0 radical (unpaired) electrons. The van der Waals surface area contributed by atoms with E-state index in [4.69, 9.17) is 4.74 Å². The average molecular weight is 250 g/mol. The Labute approximate surface area is 109 Å². The quantitative estimate of drug-likeness (QED) is 0.781. The molecule has 0 aliphatic carbocycles. The lowest BCUT2D eigenvalue weighted by Crippen LogP contribution is -2.30. The van der Waals surface area contributed by atoms with Gasteiger partial charge >= 0.3 is 0 Å². The molecular formula is C14H22N2O2. The Bertz CT molecular complexity index is 378. The van der Waals surface area contributed by atoms with E-state index in [1.54, 1.807) is 0 Å². The summed E-state index contributed by atoms with van der Waals surface area (Å²) in [6, 6.07) is 7.62. The summed E-state index contributed by atoms with van der Waals surface area (Å²) in [4.78, 5) is 11.4. The standard InChI is InChI=1S/C14H22N2O2/c1-4-8-15-14(17)10-16-12-6-5-7-13(9-12)18-11(2)3/h5-7,9,11,16H,4,8,10H2,1-3H3,(H,15,17). The molecule has 0 aliphatic heterocycles. The van der Waals surface area contributed by atoms with Crippen LogP contribution in [0.15, 0.2) is 24.3 Å². The fourth-order valence-corrected chi connectivity index (χ4v) is 1.46. The molecule has 1 rings (SSSR count). The molecule has 2 N–H and O–H groups in total. The van der Waals surface area contributed by atoms with Crippen molar-refractivity contribution in [1.29, 1.82) is 0 Å². The van der Waals surface area contributed by atoms with Crippen LogP contribution in [0.1, 0.15) is 27.2 Å². The van der Waals surface area contributed by atoms with Gasteiger partial charge in [0.25, 0.3) is 0 Å². The second-order valence-electron chi connectivity index (χ2n) is 4.40. The van der Waals surface area contributed by atoms with Gasteiger partial charge in [0.15, 0.2) is 0 Å². The first-order valence-corrected chi connectivity index (χ1v) is 6.39. The number of amides is 1. The third-order valence-corrected chi connectivity index (χ3v) is 2.23. The van der Waals surface area contributed by atoms with Gasteiger partial charge in [-0.25, -0.2) is 0 Å². The van der Waals surface area contributed by atoms with Gasteiger partial charge in [-0.15, -0.1) is 0 Å². The summed E-state index contributed by atoms with van der Waals surface area (Å²) in [6.07, 6.45) is 1.09. The van der Waals surface area contributed by atoms with E-state index in [0.717, 1.165) is 24.4 Å². The van der Waals surface area contributed by atoms with Gasteiger partial charge in [0.1, 0.15) is 5.75 Å². The Hall–Kier alpha value is -1.71. The molecule has 0 heterocycles. The lowest BCUT2D eigenvalue weighted by atomic mass is 10.3. The van der Waals surface area contributed by atoms with Crippen LogP contribution >= 0.6 is 0 Å². The molecule has 0 fully saturated rings. The second kappa shape index (κ2) is 7.58. The molecule has 0 aliphatic rings. The van der Waals surface area contributed by atoms with Crippen molar-refractivity contribution >= 4 is 11.6 Å². The lowest BCUT2D eigenvalue weighted by Gasteiger charge is -2.12. The highest BCUT2D eigenvalue weighted by Gasteiger charge is 2.02. The molecule has 4 nitrogen and oxygen atoms in total. The molecule has 1 aromatic rings. The summed E-state index contributed by atoms with van der Waals surface area (Å²) < 4.78 is 5.59. The lowest BCUT2D eigenvalue weighted by molar-refractivity contribution is -0.119. The van der Waals surface area contributed by atoms with Crippen LogP contribution in [-0.4, -0.2) is 25.1 Å². The molecule has 18 heavy (non-hydrogen) atoms. The number of hydrogen-bond acceptors (Lipinski definition) is 3. The van der Waals surface area contributed by atoms with Gasteiger partial charge < -0.3 is 15.4 Å². The number of anilines is 1. The maximum absolute atomic E-state index is 11.4. The van der Waals surface area contributed by atoms with Crippen molar-refractivity contribution < 1.29 is 9.53 Å². The highest BCUT2D eigenvalue weighted by atomic mass is 16.5. The molecule has 0 spiro atoms. The summed E-state index contributed by atoms with van der Waals surface area (Å²) in [6.45, 7) is 7.00. The topological polar surface area (TPSA) is 50.4 Å². The predicted octanol–water partition coefficient (Wildman–Crippen LogP) is 2.41. The van der Waals surface area contributed by atoms with E-state index in [9.17, 15) is 4.79 Å². The van der Waals surface area contributed by atoms with Crippen molar-refractivity contribution in [3.63, 3.8) is 0 Å². The van der Waals surface area contributed by atoms with Gasteiger partial charge in [-0.3, -0.25) is 4.79 Å². The van der Waals surface area contributed by atoms with Crippen LogP contribution < -0.4 is 15.4 Å². The minimum atomic E-state index is 0.00651. The number of carbonyl (C=O) groups is 1. The molecule has 1 aromatic carbocycles. The maximum atomic E-state index is 11.4. The Morgan fingerprint density at radius 2 is 2.17 bits per heavy atom. The number of benzene rings is 1. The zero-order valence-electron chi connectivity index (χ0n) is 11.3. The Morgan fingerprint density at radius 1 is 1.39 bits per heavy atom. The number of ether oxygens (including phenoxy) is 1. The van der Waals surface area contributed by atoms with Crippen LogP contribution in [0.4, 0.5) is 5.69 Å². The molecule has 0 bridgehead atoms. The van der Waals surface area contributed by atoms with Gasteiger partial charge in [0, 0.05) is 18.3 Å². The Balaban J connectivity index is 2.44. The predicted molar refractivity (Wildman–Crippen MR) is 74.0 cm³/mol. The minimum absolute atomic E-state index is 0.00651. The van der Waals surface area contributed by atoms with Gasteiger partial charge in [0.2, 0.25) is 5.91 Å². The number of nitrogens with one attached hydrogen (secondary N) is 2. The zero-order chi connectivity index (χ0) is 13.4. The van der Waals surface area contributed by atoms with Gasteiger partial charge in [-0.05, 0) is 32.4 Å². The van der Waals surface area contributed by atoms with Crippen molar-refractivity contribution in [2.45, 2.75) is 33.3 Å². The number of carbonyl (C=O) groups excluding carboxylic acids is 1. The van der Waals surface area contributed by atoms with E-state index in [0.29, 0.717) is 0 Å². The highest BCUT2D eigenvalue weighted by Crippen LogP contribution is 2.18. The van der Waals surface area contributed by atoms with Crippen LogP contribution in [0.5, 0.6) is 5.75 Å². The zero-order valence-corrected chi connectivity index (χ0v) is 11.3. The van der Waals surface area contributed by atoms with Crippen molar-refractivity contribution in [3.05, 3.63) is 24.3 Å². The van der Waals surface area contributed by atoms with Crippen LogP contribution in [0.2, 0.25) is 0 Å². The van der Waals surface area contributed by atoms with E-state index < -0.39 is 0 Å². The fourth-order valence-electron chi connectivity index (χ4n) is 1.46. The van der Waals surface area contributed by atoms with E-state index in [1.165, 1.54) is 0 Å². The van der Waals surface area contributed by atoms with Gasteiger partial charge in [-0.2, -0.15) is 0 Å². The number of rotatable bonds is 7. The van der Waals surface area contributed by atoms with E-state index >= 15 is 0 Å². The first kappa shape index (κ1) is 14.4. The van der Waals surface area contributed by atoms with Crippen molar-refractivity contribution in [2.24, 2.45) is 0 Å². The molecule has 1 amide bonds. The monoisotopic (exact) mass is 250 g/mol. The maximum Gasteiger partial charge on any atom is 0.239 e. The average Bonchev–Trinajstić information content (AvgIpc) is 2.33. The smallest absolute Gasteiger partial charge is 0.239 e. The van der Waals surface area contributed by atoms with Crippen molar-refractivity contribution in [3.8, 4) is 5.75 Å². The van der Waals surface area contributed by atoms with E-state index in [2.05, 4.69) is 10.6 Å². The summed E-state index contributed by atoms with van der Waals surface area (Å²) in [5.41, 5.74) is 0.889. The van der Waals surface area contributed by atoms with Crippen molar-refractivity contribution in [1.82, 2.24) is 5.32 Å². The fraction of sp³-hybridized carbons (Fsp3) is 0.500. The van der Waals surface area contributed by atoms with E-state index in [-0.39, 0.29) is 18.6 Å². The largest absolute Gasteiger partial charge is 0.491 e. The molecule has 0 atom stereocenters. The third kappa shape index (κ3) is 5.57. The summed E-state index contributed by atoms with van der Waals surface area (Å²) in [7, 11) is 0. The summed E-state index contributed by atoms with van der Waals surface area (Å²) >= 11 is 0. The van der Waals surface area contributed by atoms with Crippen LogP contribution in [-0.2, 0) is 4.79 Å². The van der Waals surface area contributed by atoms with E-state index in [1.807, 2.05) is 45.0 Å². The SMILES string of the molecule is CCCNC(=O)CNc1cccc(OC(C)C)c1. The van der Waals surface area contributed by atoms with Crippen LogP contribution in [0, 0.1) is 0 Å². The normalized spacial score (nSPS) is 10.2. The van der Waals surface area contributed by atoms with Crippen molar-refractivity contribution in [2.75, 3.05) is 18.4 Å². The summed E-state index contributed by atoms with van der Waals surface area (Å²) in [5, 5.41) is 5.89. The van der Waals surface area contributed by atoms with Crippen LogP contribution in [0.25, 0.3) is 0 Å². The van der Waals surface area contributed by atoms with Gasteiger partial charge in [0.05, 0.1) is 12.6 Å². The first-order chi connectivity index (χ1) is 8.61. The molecule has 4 heteroatoms. The molecule has 0 aromatic heterocycles. The third-order valence-electron chi connectivity index (χ3n) is 2.23. The Morgan fingerprint density at radius 3 is 2.83 bits per heavy atom. The van der Waals surface area contributed by atoms with Crippen LogP contribution in [0.3, 0.4) is 0 Å².